The molecule has 2 N–H and O–H groups in total. The summed E-state index contributed by atoms with van der Waals surface area (Å²) in [5.41, 5.74) is 7.06. The summed E-state index contributed by atoms with van der Waals surface area (Å²) in [5.74, 6) is 0. The van der Waals surface area contributed by atoms with E-state index in [-0.39, 0.29) is 5.69 Å². The average molecular weight is 207 g/mol. The van der Waals surface area contributed by atoms with E-state index in [4.69, 9.17) is 0 Å². The van der Waals surface area contributed by atoms with E-state index in [0.29, 0.717) is 12.2 Å². The first-order valence-corrected chi connectivity index (χ1v) is 4.48. The van der Waals surface area contributed by atoms with Gasteiger partial charge in [-0.05, 0) is 13.0 Å². The molecule has 0 heterocycles. The van der Waals surface area contributed by atoms with Crippen LogP contribution in [0.3, 0.4) is 0 Å². The number of nitro benzene ring substituents is 1. The van der Waals surface area contributed by atoms with E-state index < -0.39 is 4.92 Å². The number of hydrazine groups is 1. The van der Waals surface area contributed by atoms with Crippen molar-refractivity contribution >= 4 is 11.4 Å². The van der Waals surface area contributed by atoms with Crippen LogP contribution in [0.4, 0.5) is 11.4 Å². The molecular weight excluding hydrogens is 194 g/mol. The van der Waals surface area contributed by atoms with Crippen molar-refractivity contribution in [2.24, 2.45) is 0 Å². The Morgan fingerprint density at radius 2 is 2.20 bits per heavy atom. The van der Waals surface area contributed by atoms with E-state index >= 15 is 0 Å². The number of anilines is 1. The van der Waals surface area contributed by atoms with Crippen LogP contribution < -0.4 is 10.9 Å². The Morgan fingerprint density at radius 1 is 1.53 bits per heavy atom. The minimum Gasteiger partial charge on any atom is -0.315 e. The Balaban J connectivity index is 2.67. The number of benzene rings is 1. The lowest BCUT2D eigenvalue weighted by atomic mass is 10.3. The molecule has 1 rings (SSSR count). The van der Waals surface area contributed by atoms with Gasteiger partial charge >= 0.3 is 0 Å². The first-order chi connectivity index (χ1) is 7.11. The van der Waals surface area contributed by atoms with Crippen LogP contribution in [-0.4, -0.2) is 11.5 Å². The fourth-order valence-corrected chi connectivity index (χ4v) is 1.03. The quantitative estimate of drug-likeness (QED) is 0.440. The molecule has 15 heavy (non-hydrogen) atoms. The van der Waals surface area contributed by atoms with Crippen LogP contribution in [-0.2, 0) is 0 Å². The molecule has 0 radical (unpaired) electrons. The summed E-state index contributed by atoms with van der Waals surface area (Å²) >= 11 is 0. The molecule has 0 amide bonds. The molecule has 0 saturated heterocycles. The maximum absolute atomic E-state index is 10.6. The smallest absolute Gasteiger partial charge is 0.293 e. The minimum atomic E-state index is -0.426. The highest BCUT2D eigenvalue weighted by atomic mass is 16.6. The zero-order valence-corrected chi connectivity index (χ0v) is 8.49. The zero-order valence-electron chi connectivity index (χ0n) is 8.49. The summed E-state index contributed by atoms with van der Waals surface area (Å²) in [7, 11) is 0. The van der Waals surface area contributed by atoms with Crippen molar-refractivity contribution in [1.29, 1.82) is 0 Å². The van der Waals surface area contributed by atoms with Crippen LogP contribution in [0.25, 0.3) is 0 Å². The largest absolute Gasteiger partial charge is 0.315 e. The van der Waals surface area contributed by atoms with Gasteiger partial charge in [0.15, 0.2) is 0 Å². The molecule has 0 atom stereocenters. The van der Waals surface area contributed by atoms with Gasteiger partial charge in [-0.2, -0.15) is 0 Å². The summed E-state index contributed by atoms with van der Waals surface area (Å²) in [5, 5.41) is 10.6. The molecule has 5 nitrogen and oxygen atoms in total. The van der Waals surface area contributed by atoms with E-state index in [2.05, 4.69) is 17.4 Å². The molecule has 80 valence electrons. The number of nitrogens with one attached hydrogen (secondary N) is 2. The van der Waals surface area contributed by atoms with Crippen molar-refractivity contribution in [3.63, 3.8) is 0 Å². The van der Waals surface area contributed by atoms with Gasteiger partial charge in [0, 0.05) is 12.6 Å². The van der Waals surface area contributed by atoms with Crippen molar-refractivity contribution in [2.45, 2.75) is 6.92 Å². The molecule has 1 aromatic rings. The van der Waals surface area contributed by atoms with Crippen molar-refractivity contribution in [3.8, 4) is 0 Å². The molecule has 0 bridgehead atoms. The Kier molecular flexibility index (Phi) is 3.82. The third-order valence-electron chi connectivity index (χ3n) is 1.71. The fraction of sp³-hybridized carbons (Fsp3) is 0.200. The SMILES string of the molecule is C=C(C)CNNc1ccccc1[N+](=O)[O-]. The molecule has 0 saturated carbocycles. The first kappa shape index (κ1) is 11.2. The lowest BCUT2D eigenvalue weighted by Crippen LogP contribution is -2.23. The highest BCUT2D eigenvalue weighted by molar-refractivity contribution is 5.60. The average Bonchev–Trinajstić information content (AvgIpc) is 2.17. The highest BCUT2D eigenvalue weighted by Crippen LogP contribution is 2.21. The molecule has 0 spiro atoms. The van der Waals surface area contributed by atoms with E-state index in [1.165, 1.54) is 6.07 Å². The van der Waals surface area contributed by atoms with Crippen LogP contribution in [0.5, 0.6) is 0 Å². The van der Waals surface area contributed by atoms with Crippen LogP contribution >= 0.6 is 0 Å². The lowest BCUT2D eigenvalue weighted by Gasteiger charge is -2.07. The number of para-hydroxylation sites is 2. The maximum atomic E-state index is 10.6. The predicted molar refractivity (Wildman–Crippen MR) is 59.5 cm³/mol. The van der Waals surface area contributed by atoms with Crippen LogP contribution in [0, 0.1) is 10.1 Å². The Bertz CT molecular complexity index is 377. The van der Waals surface area contributed by atoms with Crippen LogP contribution in [0.2, 0.25) is 0 Å². The van der Waals surface area contributed by atoms with Crippen LogP contribution in [0.1, 0.15) is 6.92 Å². The monoisotopic (exact) mass is 207 g/mol. The van der Waals surface area contributed by atoms with Crippen molar-refractivity contribution in [1.82, 2.24) is 5.43 Å². The Labute approximate surface area is 87.9 Å². The third-order valence-corrected chi connectivity index (χ3v) is 1.71. The van der Waals surface area contributed by atoms with Crippen molar-refractivity contribution < 1.29 is 4.92 Å². The molecule has 1 aromatic carbocycles. The molecule has 5 heteroatoms. The molecule has 0 aromatic heterocycles. The van der Waals surface area contributed by atoms with Crippen molar-refractivity contribution in [3.05, 3.63) is 46.5 Å². The van der Waals surface area contributed by atoms with Gasteiger partial charge in [0.2, 0.25) is 0 Å². The summed E-state index contributed by atoms with van der Waals surface area (Å²) in [6, 6.07) is 6.45. The van der Waals surface area contributed by atoms with Crippen LogP contribution in [0.15, 0.2) is 36.4 Å². The second-order valence-electron chi connectivity index (χ2n) is 3.21. The zero-order chi connectivity index (χ0) is 11.3. The Morgan fingerprint density at radius 3 is 2.80 bits per heavy atom. The summed E-state index contributed by atoms with van der Waals surface area (Å²) in [4.78, 5) is 10.2. The predicted octanol–water partition coefficient (Wildman–Crippen LogP) is 2.09. The van der Waals surface area contributed by atoms with Gasteiger partial charge in [-0.15, -0.1) is 0 Å². The summed E-state index contributed by atoms with van der Waals surface area (Å²) in [6.07, 6.45) is 0. The van der Waals surface area contributed by atoms with E-state index in [1.54, 1.807) is 18.2 Å². The van der Waals surface area contributed by atoms with E-state index in [9.17, 15) is 10.1 Å². The first-order valence-electron chi connectivity index (χ1n) is 4.48. The number of rotatable bonds is 5. The number of hydrogen-bond acceptors (Lipinski definition) is 4. The van der Waals surface area contributed by atoms with Crippen molar-refractivity contribution in [2.75, 3.05) is 12.0 Å². The van der Waals surface area contributed by atoms with Gasteiger partial charge in [0.05, 0.1) is 4.92 Å². The number of hydrogen-bond donors (Lipinski definition) is 2. The molecule has 0 aliphatic carbocycles. The van der Waals surface area contributed by atoms with Gasteiger partial charge in [-0.1, -0.05) is 24.3 Å². The number of nitro groups is 1. The third kappa shape index (κ3) is 3.40. The van der Waals surface area contributed by atoms with E-state index in [1.807, 2.05) is 6.92 Å². The maximum Gasteiger partial charge on any atom is 0.293 e. The highest BCUT2D eigenvalue weighted by Gasteiger charge is 2.10. The summed E-state index contributed by atoms with van der Waals surface area (Å²) < 4.78 is 0. The molecule has 0 fully saturated rings. The van der Waals surface area contributed by atoms with Gasteiger partial charge in [-0.3, -0.25) is 10.1 Å². The standard InChI is InChI=1S/C10H13N3O2/c1-8(2)7-11-12-9-5-3-4-6-10(9)13(14)15/h3-6,11-12H,1,7H2,2H3. The van der Waals surface area contributed by atoms with Gasteiger partial charge in [0.25, 0.3) is 5.69 Å². The molecular formula is C10H13N3O2. The Hall–Kier alpha value is -1.88. The topological polar surface area (TPSA) is 67.2 Å². The summed E-state index contributed by atoms with van der Waals surface area (Å²) in [6.45, 7) is 6.14. The molecule has 0 aliphatic heterocycles. The van der Waals surface area contributed by atoms with E-state index in [0.717, 1.165) is 5.57 Å². The second kappa shape index (κ2) is 5.11. The normalized spacial score (nSPS) is 9.67. The minimum absolute atomic E-state index is 0.0479. The molecule has 0 unspecified atom stereocenters. The van der Waals surface area contributed by atoms with Gasteiger partial charge in [0.1, 0.15) is 5.69 Å². The number of nitrogens with zero attached hydrogens (tertiary/aromatic N) is 1. The second-order valence-corrected chi connectivity index (χ2v) is 3.21. The fourth-order valence-electron chi connectivity index (χ4n) is 1.03. The molecule has 0 aliphatic rings. The van der Waals surface area contributed by atoms with Gasteiger partial charge < -0.3 is 5.43 Å². The van der Waals surface area contributed by atoms with Gasteiger partial charge in [-0.25, -0.2) is 5.43 Å². The lowest BCUT2D eigenvalue weighted by molar-refractivity contribution is -0.384.